The molecule has 2 aromatic carbocycles. The molecule has 1 amide bonds. The molecule has 5 nitrogen and oxygen atoms in total. The molecule has 0 fully saturated rings. The molecule has 3 aromatic rings. The van der Waals surface area contributed by atoms with Gasteiger partial charge in [0, 0.05) is 10.0 Å². The minimum atomic E-state index is -0.964. The first-order chi connectivity index (χ1) is 12.1. The number of hydrogen-bond donors (Lipinski definition) is 2. The van der Waals surface area contributed by atoms with Gasteiger partial charge in [-0.15, -0.1) is 0 Å². The maximum absolute atomic E-state index is 12.6. The van der Waals surface area contributed by atoms with Gasteiger partial charge in [-0.3, -0.25) is 19.7 Å². The van der Waals surface area contributed by atoms with Crippen molar-refractivity contribution in [1.29, 1.82) is 0 Å². The molecule has 25 heavy (non-hydrogen) atoms. The molecule has 0 spiro atoms. The van der Waals surface area contributed by atoms with Crippen molar-refractivity contribution in [3.63, 3.8) is 0 Å². The number of halogens is 1. The molecule has 0 saturated heterocycles. The number of aromatic nitrogens is 1. The number of benzene rings is 2. The summed E-state index contributed by atoms with van der Waals surface area (Å²) in [6.45, 7) is 0. The Kier molecular flexibility index (Phi) is 5.00. The molecule has 0 aliphatic heterocycles. The molecule has 6 heteroatoms. The van der Waals surface area contributed by atoms with Gasteiger partial charge in [-0.2, -0.15) is 0 Å². The van der Waals surface area contributed by atoms with Crippen LogP contribution < -0.4 is 5.43 Å². The Hall–Kier alpha value is -2.86. The van der Waals surface area contributed by atoms with E-state index in [-0.39, 0.29) is 12.3 Å². The summed E-state index contributed by atoms with van der Waals surface area (Å²) in [6.07, 6.45) is -0.191. The number of nitrogens with one attached hydrogen (secondary N) is 1. The van der Waals surface area contributed by atoms with Gasteiger partial charge in [0.2, 0.25) is 0 Å². The Balaban J connectivity index is 2.01. The maximum atomic E-state index is 12.6. The van der Waals surface area contributed by atoms with Crippen molar-refractivity contribution in [3.8, 4) is 11.3 Å². The monoisotopic (exact) mass is 398 g/mol. The highest BCUT2D eigenvalue weighted by Gasteiger charge is 2.16. The largest absolute Gasteiger partial charge is 0.481 e. The van der Waals surface area contributed by atoms with Crippen molar-refractivity contribution in [1.82, 2.24) is 4.68 Å². The van der Waals surface area contributed by atoms with Crippen molar-refractivity contribution in [2.75, 3.05) is 5.43 Å². The van der Waals surface area contributed by atoms with Crippen molar-refractivity contribution < 1.29 is 14.7 Å². The van der Waals surface area contributed by atoms with Crippen molar-refractivity contribution in [2.45, 2.75) is 6.42 Å². The number of rotatable bonds is 5. The molecule has 126 valence electrons. The highest BCUT2D eigenvalue weighted by Crippen LogP contribution is 2.23. The highest BCUT2D eigenvalue weighted by atomic mass is 79.9. The lowest BCUT2D eigenvalue weighted by Gasteiger charge is -2.15. The molecule has 0 unspecified atom stereocenters. The zero-order chi connectivity index (χ0) is 17.8. The van der Waals surface area contributed by atoms with E-state index in [9.17, 15) is 9.59 Å². The van der Waals surface area contributed by atoms with E-state index in [2.05, 4.69) is 21.4 Å². The number of aliphatic carboxylic acids is 1. The zero-order valence-electron chi connectivity index (χ0n) is 13.1. The van der Waals surface area contributed by atoms with E-state index in [4.69, 9.17) is 5.11 Å². The van der Waals surface area contributed by atoms with Crippen LogP contribution in [0, 0.1) is 0 Å². The molecule has 0 aliphatic rings. The second-order valence-electron chi connectivity index (χ2n) is 5.40. The van der Waals surface area contributed by atoms with Crippen LogP contribution >= 0.6 is 15.9 Å². The van der Waals surface area contributed by atoms with E-state index in [1.165, 1.54) is 4.68 Å². The number of carbonyl (C=O) groups excluding carboxylic acids is 1. The van der Waals surface area contributed by atoms with E-state index >= 15 is 0 Å². The zero-order valence-corrected chi connectivity index (χ0v) is 14.7. The third-order valence-corrected chi connectivity index (χ3v) is 4.39. The van der Waals surface area contributed by atoms with Gasteiger partial charge in [-0.05, 0) is 40.2 Å². The van der Waals surface area contributed by atoms with E-state index in [0.29, 0.717) is 15.7 Å². The first-order valence-electron chi connectivity index (χ1n) is 7.60. The Morgan fingerprint density at radius 1 is 0.960 bits per heavy atom. The van der Waals surface area contributed by atoms with Gasteiger partial charge >= 0.3 is 5.97 Å². The van der Waals surface area contributed by atoms with Crippen LogP contribution in [0.3, 0.4) is 0 Å². The second kappa shape index (κ2) is 7.36. The Labute approximate surface area is 153 Å². The molecule has 0 radical (unpaired) electrons. The van der Waals surface area contributed by atoms with E-state index < -0.39 is 5.97 Å². The van der Waals surface area contributed by atoms with Crippen LogP contribution in [-0.4, -0.2) is 21.7 Å². The van der Waals surface area contributed by atoms with E-state index in [1.807, 2.05) is 36.4 Å². The molecular formula is C19H15BrN2O3. The van der Waals surface area contributed by atoms with Crippen LogP contribution in [0.25, 0.3) is 11.3 Å². The molecule has 0 saturated carbocycles. The standard InChI is InChI=1S/C19H15BrN2O3/c20-16-9-5-4-8-15(16)19(25)21-22-14(12-18(23)24)10-11-17(22)13-6-2-1-3-7-13/h1-11H,12H2,(H,21,25)(H,23,24). The van der Waals surface area contributed by atoms with Crippen molar-refractivity contribution >= 4 is 27.8 Å². The smallest absolute Gasteiger partial charge is 0.309 e. The van der Waals surface area contributed by atoms with Gasteiger partial charge in [-0.25, -0.2) is 0 Å². The minimum Gasteiger partial charge on any atom is -0.481 e. The van der Waals surface area contributed by atoms with E-state index in [1.54, 1.807) is 30.3 Å². The quantitative estimate of drug-likeness (QED) is 0.683. The summed E-state index contributed by atoms with van der Waals surface area (Å²) < 4.78 is 2.20. The van der Waals surface area contributed by atoms with Crippen LogP contribution in [0.2, 0.25) is 0 Å². The summed E-state index contributed by atoms with van der Waals surface area (Å²) in [6, 6.07) is 20.1. The molecule has 0 atom stereocenters. The van der Waals surface area contributed by atoms with Gasteiger partial charge < -0.3 is 5.11 Å². The third-order valence-electron chi connectivity index (χ3n) is 3.70. The van der Waals surface area contributed by atoms with Crippen LogP contribution in [0.15, 0.2) is 71.2 Å². The van der Waals surface area contributed by atoms with Crippen molar-refractivity contribution in [3.05, 3.63) is 82.5 Å². The fourth-order valence-corrected chi connectivity index (χ4v) is 3.01. The average Bonchev–Trinajstić information content (AvgIpc) is 2.98. The molecule has 0 bridgehead atoms. The van der Waals surface area contributed by atoms with Crippen LogP contribution in [0.1, 0.15) is 16.1 Å². The maximum Gasteiger partial charge on any atom is 0.309 e. The van der Waals surface area contributed by atoms with Crippen LogP contribution in [0.4, 0.5) is 0 Å². The molecule has 2 N–H and O–H groups in total. The molecule has 0 aliphatic carbocycles. The Morgan fingerprint density at radius 2 is 1.64 bits per heavy atom. The average molecular weight is 399 g/mol. The summed E-state index contributed by atoms with van der Waals surface area (Å²) in [5.41, 5.74) is 5.37. The first kappa shape index (κ1) is 17.0. The predicted molar refractivity (Wildman–Crippen MR) is 99.0 cm³/mol. The topological polar surface area (TPSA) is 71.3 Å². The van der Waals surface area contributed by atoms with Gasteiger partial charge in [0.25, 0.3) is 5.91 Å². The minimum absolute atomic E-state index is 0.191. The number of amides is 1. The van der Waals surface area contributed by atoms with Gasteiger partial charge in [0.05, 0.1) is 23.4 Å². The summed E-state index contributed by atoms with van der Waals surface area (Å²) in [7, 11) is 0. The number of nitrogens with zero attached hydrogens (tertiary/aromatic N) is 1. The normalized spacial score (nSPS) is 10.4. The Bertz CT molecular complexity index is 919. The number of carbonyl (C=O) groups is 2. The fraction of sp³-hybridized carbons (Fsp3) is 0.0526. The van der Waals surface area contributed by atoms with Gasteiger partial charge in [-0.1, -0.05) is 42.5 Å². The molecular weight excluding hydrogens is 384 g/mol. The SMILES string of the molecule is O=C(O)Cc1ccc(-c2ccccc2)n1NC(=O)c1ccccc1Br. The lowest BCUT2D eigenvalue weighted by atomic mass is 10.2. The summed E-state index contributed by atoms with van der Waals surface area (Å²) >= 11 is 3.36. The first-order valence-corrected chi connectivity index (χ1v) is 8.39. The molecule has 1 aromatic heterocycles. The second-order valence-corrected chi connectivity index (χ2v) is 6.26. The fourth-order valence-electron chi connectivity index (χ4n) is 2.55. The van der Waals surface area contributed by atoms with Gasteiger partial charge in [0.15, 0.2) is 0 Å². The molecule has 1 heterocycles. The van der Waals surface area contributed by atoms with E-state index in [0.717, 1.165) is 11.3 Å². The predicted octanol–water partition coefficient (Wildman–Crippen LogP) is 3.93. The Morgan fingerprint density at radius 3 is 2.32 bits per heavy atom. The summed E-state index contributed by atoms with van der Waals surface area (Å²) in [4.78, 5) is 23.8. The number of hydrogen-bond acceptors (Lipinski definition) is 2. The molecule has 3 rings (SSSR count). The summed E-state index contributed by atoms with van der Waals surface area (Å²) in [5.74, 6) is -1.29. The van der Waals surface area contributed by atoms with Gasteiger partial charge in [0.1, 0.15) is 0 Å². The number of carboxylic acid groups (broad SMARTS) is 1. The highest BCUT2D eigenvalue weighted by molar-refractivity contribution is 9.10. The van der Waals surface area contributed by atoms with Crippen LogP contribution in [0.5, 0.6) is 0 Å². The summed E-state index contributed by atoms with van der Waals surface area (Å²) in [5, 5.41) is 9.13. The lowest BCUT2D eigenvalue weighted by molar-refractivity contribution is -0.136. The number of carboxylic acids is 1. The third kappa shape index (κ3) is 3.80. The van der Waals surface area contributed by atoms with Crippen molar-refractivity contribution in [2.24, 2.45) is 0 Å². The van der Waals surface area contributed by atoms with Crippen LogP contribution in [-0.2, 0) is 11.2 Å². The lowest BCUT2D eigenvalue weighted by Crippen LogP contribution is -2.26.